The van der Waals surface area contributed by atoms with E-state index in [9.17, 15) is 9.59 Å². The van der Waals surface area contributed by atoms with Crippen molar-refractivity contribution in [2.75, 3.05) is 6.54 Å². The van der Waals surface area contributed by atoms with Gasteiger partial charge >= 0.3 is 5.97 Å². The van der Waals surface area contributed by atoms with Gasteiger partial charge in [-0.1, -0.05) is 48.0 Å². The van der Waals surface area contributed by atoms with Gasteiger partial charge in [-0.25, -0.2) is 0 Å². The van der Waals surface area contributed by atoms with Crippen LogP contribution >= 0.6 is 0 Å². The molecular formula is C41H70N2O3. The lowest BCUT2D eigenvalue weighted by atomic mass is 9.37. The Bertz CT molecular complexity index is 1180. The van der Waals surface area contributed by atoms with Gasteiger partial charge in [0.1, 0.15) is 12.4 Å². The van der Waals surface area contributed by atoms with Gasteiger partial charge in [0.05, 0.1) is 5.92 Å². The first kappa shape index (κ1) is 34.9. The van der Waals surface area contributed by atoms with Crippen LogP contribution in [0.15, 0.2) is 0 Å². The minimum atomic E-state index is -0.287. The van der Waals surface area contributed by atoms with Crippen molar-refractivity contribution in [1.82, 2.24) is 10.6 Å². The zero-order valence-corrected chi connectivity index (χ0v) is 31.6. The number of hydrogen-bond acceptors (Lipinski definition) is 5. The van der Waals surface area contributed by atoms with E-state index in [1.54, 1.807) is 0 Å². The molecule has 0 aromatic carbocycles. The smallest absolute Gasteiger partial charge is 0.309 e. The van der Waals surface area contributed by atoms with Crippen LogP contribution in [-0.4, -0.2) is 41.5 Å². The monoisotopic (exact) mass is 639 g/mol. The highest BCUT2D eigenvalue weighted by Gasteiger charge is 2.66. The zero-order chi connectivity index (χ0) is 33.7. The van der Waals surface area contributed by atoms with Gasteiger partial charge in [0.15, 0.2) is 0 Å². The third kappa shape index (κ3) is 5.47. The highest BCUT2D eigenvalue weighted by Crippen LogP contribution is 2.71. The van der Waals surface area contributed by atoms with Gasteiger partial charge in [-0.15, -0.1) is 0 Å². The van der Waals surface area contributed by atoms with Gasteiger partial charge in [-0.3, -0.25) is 4.79 Å². The maximum absolute atomic E-state index is 13.5. The van der Waals surface area contributed by atoms with Gasteiger partial charge in [-0.05, 0) is 151 Å². The number of esters is 1. The largest absolute Gasteiger partial charge is 0.462 e. The molecule has 0 spiro atoms. The normalized spacial score (nSPS) is 46.2. The van der Waals surface area contributed by atoms with Crippen LogP contribution in [0.25, 0.3) is 0 Å². The van der Waals surface area contributed by atoms with Gasteiger partial charge in [0.25, 0.3) is 0 Å². The molecule has 0 radical (unpaired) electrons. The molecule has 0 saturated heterocycles. The molecule has 0 amide bonds. The average molecular weight is 639 g/mol. The molecule has 9 unspecified atom stereocenters. The van der Waals surface area contributed by atoms with Crippen LogP contribution < -0.4 is 10.6 Å². The van der Waals surface area contributed by atoms with E-state index in [0.29, 0.717) is 28.7 Å². The number of rotatable bonds is 7. The predicted octanol–water partition coefficient (Wildman–Crippen LogP) is 8.73. The molecule has 262 valence electrons. The molecule has 0 aliphatic heterocycles. The lowest BCUT2D eigenvalue weighted by Crippen LogP contribution is -2.66. The number of ether oxygens (including phenoxy) is 1. The Hall–Kier alpha value is -0.940. The standard InChI is InChI=1S/C41H70N2O3/c1-35(2,3)43-36(4,5)25-42-41-19-12-13-30(41)29-15-14-28-27(39(29,10)21-22-41)16-17-32-38(8,9)33(18-20-40(28,32)11)46-34(45)31-23-26(24-44)37(31,6)7/h24,26-33,42-43H,12-23,25H2,1-11H3/t26?,27?,28?,29?,30-,31?,32?,33?,39+,40?,41?/m1/s1. The SMILES string of the molecule is CC(C)(C)NC(C)(C)CNC12CCC[C@@H]1C1CCC3C(CCC4C(C)(C)C(OC(=O)C5CC(C=O)C5(C)C)CCC34C)[C@]1(C)CC2. The Morgan fingerprint density at radius 3 is 2.02 bits per heavy atom. The van der Waals surface area contributed by atoms with Crippen LogP contribution in [0.1, 0.15) is 153 Å². The second kappa shape index (κ2) is 11.3. The second-order valence-corrected chi connectivity index (χ2v) is 20.9. The van der Waals surface area contributed by atoms with Crippen LogP contribution in [0.3, 0.4) is 0 Å². The summed E-state index contributed by atoms with van der Waals surface area (Å²) in [7, 11) is 0. The third-order valence-electron chi connectivity index (χ3n) is 16.1. The summed E-state index contributed by atoms with van der Waals surface area (Å²) in [6.07, 6.45) is 16.1. The topological polar surface area (TPSA) is 67.4 Å². The molecule has 46 heavy (non-hydrogen) atoms. The molecule has 2 N–H and O–H groups in total. The number of nitrogens with one attached hydrogen (secondary N) is 2. The van der Waals surface area contributed by atoms with E-state index < -0.39 is 0 Å². The maximum atomic E-state index is 13.5. The van der Waals surface area contributed by atoms with E-state index in [1.165, 1.54) is 64.2 Å². The Morgan fingerprint density at radius 1 is 0.761 bits per heavy atom. The van der Waals surface area contributed by atoms with E-state index >= 15 is 0 Å². The first-order chi connectivity index (χ1) is 21.2. The summed E-state index contributed by atoms with van der Waals surface area (Å²) < 4.78 is 6.44. The summed E-state index contributed by atoms with van der Waals surface area (Å²) in [6.45, 7) is 27.0. The van der Waals surface area contributed by atoms with Crippen molar-refractivity contribution in [2.24, 2.45) is 63.1 Å². The number of carbonyl (C=O) groups is 2. The second-order valence-electron chi connectivity index (χ2n) is 20.9. The van der Waals surface area contributed by atoms with Crippen molar-refractivity contribution >= 4 is 12.3 Å². The average Bonchev–Trinajstić information content (AvgIpc) is 3.36. The third-order valence-corrected chi connectivity index (χ3v) is 16.1. The van der Waals surface area contributed by atoms with Crippen LogP contribution in [0.2, 0.25) is 0 Å². The van der Waals surface area contributed by atoms with Gasteiger partial charge in [0.2, 0.25) is 0 Å². The van der Waals surface area contributed by atoms with Crippen molar-refractivity contribution in [3.05, 3.63) is 0 Å². The van der Waals surface area contributed by atoms with E-state index in [2.05, 4.69) is 86.8 Å². The van der Waals surface area contributed by atoms with Crippen LogP contribution in [0.4, 0.5) is 0 Å². The predicted molar refractivity (Wildman–Crippen MR) is 187 cm³/mol. The van der Waals surface area contributed by atoms with Crippen molar-refractivity contribution < 1.29 is 14.3 Å². The van der Waals surface area contributed by atoms with Crippen molar-refractivity contribution in [2.45, 2.75) is 176 Å². The molecular weight excluding hydrogens is 568 g/mol. The summed E-state index contributed by atoms with van der Waals surface area (Å²) in [5.74, 6) is 3.59. The molecule has 11 atom stereocenters. The highest BCUT2D eigenvalue weighted by molar-refractivity contribution is 5.77. The number of fused-ring (bicyclic) bond motifs is 7. The van der Waals surface area contributed by atoms with Crippen molar-refractivity contribution in [3.8, 4) is 0 Å². The summed E-state index contributed by atoms with van der Waals surface area (Å²) in [6, 6.07) is 0. The first-order valence-corrected chi connectivity index (χ1v) is 19.4. The number of aldehydes is 1. The highest BCUT2D eigenvalue weighted by atomic mass is 16.5. The molecule has 6 aliphatic rings. The number of hydrogen-bond donors (Lipinski definition) is 2. The van der Waals surface area contributed by atoms with E-state index in [1.807, 2.05) is 0 Å². The molecule has 6 rings (SSSR count). The first-order valence-electron chi connectivity index (χ1n) is 19.4. The Labute approximate surface area is 282 Å². The molecule has 0 aromatic rings. The summed E-state index contributed by atoms with van der Waals surface area (Å²) in [5.41, 5.74) is 0.928. The molecule has 6 aliphatic carbocycles. The Kier molecular flexibility index (Phi) is 8.57. The quantitative estimate of drug-likeness (QED) is 0.216. The van der Waals surface area contributed by atoms with E-state index in [0.717, 1.165) is 42.9 Å². The molecule has 6 fully saturated rings. The van der Waals surface area contributed by atoms with Gasteiger partial charge in [0, 0.05) is 34.5 Å². The van der Waals surface area contributed by atoms with Crippen LogP contribution in [0, 0.1) is 63.1 Å². The lowest BCUT2D eigenvalue weighted by Gasteiger charge is -2.68. The fraction of sp³-hybridized carbons (Fsp3) is 0.951. The van der Waals surface area contributed by atoms with Crippen LogP contribution in [0.5, 0.6) is 0 Å². The zero-order valence-electron chi connectivity index (χ0n) is 31.6. The fourth-order valence-electron chi connectivity index (χ4n) is 13.8. The fourth-order valence-corrected chi connectivity index (χ4v) is 13.8. The molecule has 0 aromatic heterocycles. The maximum Gasteiger partial charge on any atom is 0.309 e. The molecule has 0 heterocycles. The molecule has 5 heteroatoms. The minimum Gasteiger partial charge on any atom is -0.462 e. The summed E-state index contributed by atoms with van der Waals surface area (Å²) in [5, 5.41) is 8.15. The molecule has 5 nitrogen and oxygen atoms in total. The molecule has 0 bridgehead atoms. The van der Waals surface area contributed by atoms with E-state index in [4.69, 9.17) is 4.74 Å². The lowest BCUT2D eigenvalue weighted by molar-refractivity contribution is -0.216. The van der Waals surface area contributed by atoms with Crippen molar-refractivity contribution in [3.63, 3.8) is 0 Å². The molecule has 6 saturated carbocycles. The van der Waals surface area contributed by atoms with E-state index in [-0.39, 0.29) is 45.8 Å². The van der Waals surface area contributed by atoms with Crippen LogP contribution in [-0.2, 0) is 14.3 Å². The van der Waals surface area contributed by atoms with Crippen molar-refractivity contribution in [1.29, 1.82) is 0 Å². The Balaban J connectivity index is 1.16. The van der Waals surface area contributed by atoms with Gasteiger partial charge < -0.3 is 20.2 Å². The summed E-state index contributed by atoms with van der Waals surface area (Å²) in [4.78, 5) is 25.0. The number of carbonyl (C=O) groups excluding carboxylic acids is 2. The van der Waals surface area contributed by atoms with Gasteiger partial charge in [-0.2, -0.15) is 0 Å². The Morgan fingerprint density at radius 2 is 1.39 bits per heavy atom. The minimum absolute atomic E-state index is 0.0236. The summed E-state index contributed by atoms with van der Waals surface area (Å²) >= 11 is 0.